The van der Waals surface area contributed by atoms with Crippen molar-refractivity contribution in [3.63, 3.8) is 0 Å². The molecule has 0 bridgehead atoms. The molecular formula is C16H26FNO. The van der Waals surface area contributed by atoms with E-state index in [9.17, 15) is 4.39 Å². The van der Waals surface area contributed by atoms with Crippen molar-refractivity contribution in [3.8, 4) is 5.75 Å². The van der Waals surface area contributed by atoms with E-state index in [1.165, 1.54) is 12.1 Å². The molecule has 0 amide bonds. The third-order valence-corrected chi connectivity index (χ3v) is 3.54. The van der Waals surface area contributed by atoms with Gasteiger partial charge in [0.2, 0.25) is 0 Å². The Morgan fingerprint density at radius 3 is 2.63 bits per heavy atom. The normalized spacial score (nSPS) is 14.2. The molecule has 19 heavy (non-hydrogen) atoms. The molecule has 0 radical (unpaired) electrons. The molecule has 0 heterocycles. The average Bonchev–Trinajstić information content (AvgIpc) is 2.40. The zero-order valence-corrected chi connectivity index (χ0v) is 12.5. The van der Waals surface area contributed by atoms with E-state index in [1.54, 1.807) is 6.07 Å². The van der Waals surface area contributed by atoms with Crippen molar-refractivity contribution in [2.75, 3.05) is 13.2 Å². The van der Waals surface area contributed by atoms with Gasteiger partial charge >= 0.3 is 0 Å². The predicted octanol–water partition coefficient (Wildman–Crippen LogP) is 3.93. The van der Waals surface area contributed by atoms with Crippen LogP contribution in [0.1, 0.15) is 39.2 Å². The number of rotatable bonds is 8. The standard InChI is InChI=1S/C16H26FNO/c1-5-9-18-15(12(3)6-2)11-19-16-8-7-14(17)10-13(16)4/h7-8,10,12,15,18H,5-6,9,11H2,1-4H3. The summed E-state index contributed by atoms with van der Waals surface area (Å²) in [5.41, 5.74) is 0.846. The van der Waals surface area contributed by atoms with Gasteiger partial charge in [-0.25, -0.2) is 4.39 Å². The molecule has 2 nitrogen and oxygen atoms in total. The van der Waals surface area contributed by atoms with Crippen molar-refractivity contribution in [1.82, 2.24) is 5.32 Å². The van der Waals surface area contributed by atoms with Crippen molar-refractivity contribution in [1.29, 1.82) is 0 Å². The molecule has 0 fully saturated rings. The lowest BCUT2D eigenvalue weighted by atomic mass is 10.00. The Morgan fingerprint density at radius 2 is 2.05 bits per heavy atom. The first-order valence-electron chi connectivity index (χ1n) is 7.20. The third kappa shape index (κ3) is 5.19. The van der Waals surface area contributed by atoms with E-state index in [0.29, 0.717) is 18.6 Å². The van der Waals surface area contributed by atoms with Gasteiger partial charge in [0.05, 0.1) is 0 Å². The van der Waals surface area contributed by atoms with E-state index >= 15 is 0 Å². The largest absolute Gasteiger partial charge is 0.492 e. The fourth-order valence-electron chi connectivity index (χ4n) is 1.99. The molecule has 0 aliphatic rings. The van der Waals surface area contributed by atoms with Gasteiger partial charge in [-0.05, 0) is 49.6 Å². The maximum absolute atomic E-state index is 13.0. The molecule has 0 saturated heterocycles. The number of aryl methyl sites for hydroxylation is 1. The Morgan fingerprint density at radius 1 is 1.32 bits per heavy atom. The summed E-state index contributed by atoms with van der Waals surface area (Å²) in [5, 5.41) is 3.52. The summed E-state index contributed by atoms with van der Waals surface area (Å²) in [4.78, 5) is 0. The highest BCUT2D eigenvalue weighted by Gasteiger charge is 2.16. The van der Waals surface area contributed by atoms with E-state index in [2.05, 4.69) is 26.1 Å². The van der Waals surface area contributed by atoms with Crippen LogP contribution in [0.2, 0.25) is 0 Å². The maximum atomic E-state index is 13.0. The number of hydrogen-bond acceptors (Lipinski definition) is 2. The molecule has 0 aliphatic carbocycles. The second-order valence-electron chi connectivity index (χ2n) is 5.17. The first kappa shape index (κ1) is 16.0. The van der Waals surface area contributed by atoms with Crippen molar-refractivity contribution >= 4 is 0 Å². The van der Waals surface area contributed by atoms with Crippen LogP contribution in [0.25, 0.3) is 0 Å². The zero-order valence-electron chi connectivity index (χ0n) is 12.5. The van der Waals surface area contributed by atoms with Crippen LogP contribution in [-0.2, 0) is 0 Å². The lowest BCUT2D eigenvalue weighted by molar-refractivity contribution is 0.219. The second-order valence-corrected chi connectivity index (χ2v) is 5.17. The van der Waals surface area contributed by atoms with Gasteiger partial charge in [-0.3, -0.25) is 0 Å². The highest BCUT2D eigenvalue weighted by Crippen LogP contribution is 2.19. The molecule has 0 spiro atoms. The molecule has 1 N–H and O–H groups in total. The summed E-state index contributed by atoms with van der Waals surface area (Å²) in [6, 6.07) is 5.00. The highest BCUT2D eigenvalue weighted by atomic mass is 19.1. The summed E-state index contributed by atoms with van der Waals surface area (Å²) in [6.45, 7) is 10.1. The lowest BCUT2D eigenvalue weighted by Gasteiger charge is -2.24. The van der Waals surface area contributed by atoms with Gasteiger partial charge in [0.25, 0.3) is 0 Å². The second kappa shape index (κ2) is 8.16. The molecule has 1 aromatic rings. The molecule has 0 saturated carbocycles. The van der Waals surface area contributed by atoms with Crippen LogP contribution in [0.4, 0.5) is 4.39 Å². The molecule has 3 heteroatoms. The van der Waals surface area contributed by atoms with Gasteiger partial charge in [-0.15, -0.1) is 0 Å². The van der Waals surface area contributed by atoms with Gasteiger partial charge in [0, 0.05) is 6.04 Å². The zero-order chi connectivity index (χ0) is 14.3. The van der Waals surface area contributed by atoms with Gasteiger partial charge in [0.15, 0.2) is 0 Å². The topological polar surface area (TPSA) is 21.3 Å². The summed E-state index contributed by atoms with van der Waals surface area (Å²) in [6.07, 6.45) is 2.23. The Balaban J connectivity index is 2.59. The molecule has 2 unspecified atom stereocenters. The number of benzene rings is 1. The van der Waals surface area contributed by atoms with Gasteiger partial charge in [-0.1, -0.05) is 27.2 Å². The van der Waals surface area contributed by atoms with Crippen LogP contribution in [0.5, 0.6) is 5.75 Å². The summed E-state index contributed by atoms with van der Waals surface area (Å²) in [5.74, 6) is 1.12. The minimum atomic E-state index is -0.215. The third-order valence-electron chi connectivity index (χ3n) is 3.54. The molecule has 1 aromatic carbocycles. The quantitative estimate of drug-likeness (QED) is 0.770. The summed E-state index contributed by atoms with van der Waals surface area (Å²) < 4.78 is 18.9. The molecule has 0 aliphatic heterocycles. The smallest absolute Gasteiger partial charge is 0.123 e. The van der Waals surface area contributed by atoms with E-state index < -0.39 is 0 Å². The average molecular weight is 267 g/mol. The van der Waals surface area contributed by atoms with Crippen molar-refractivity contribution in [2.45, 2.75) is 46.6 Å². The Bertz CT molecular complexity index is 381. The number of nitrogens with one attached hydrogen (secondary N) is 1. The monoisotopic (exact) mass is 267 g/mol. The summed E-state index contributed by atoms with van der Waals surface area (Å²) >= 11 is 0. The maximum Gasteiger partial charge on any atom is 0.123 e. The number of ether oxygens (including phenoxy) is 1. The Kier molecular flexibility index (Phi) is 6.85. The molecule has 0 aromatic heterocycles. The Labute approximate surface area is 116 Å². The van der Waals surface area contributed by atoms with Gasteiger partial charge in [0.1, 0.15) is 18.2 Å². The number of halogens is 1. The molecule has 1 rings (SSSR count). The SMILES string of the molecule is CCCNC(COc1ccc(F)cc1C)C(C)CC. The Hall–Kier alpha value is -1.09. The predicted molar refractivity (Wildman–Crippen MR) is 78.2 cm³/mol. The van der Waals surface area contributed by atoms with Crippen LogP contribution in [0.3, 0.4) is 0 Å². The number of hydrogen-bond donors (Lipinski definition) is 1. The fraction of sp³-hybridized carbons (Fsp3) is 0.625. The first-order valence-corrected chi connectivity index (χ1v) is 7.20. The van der Waals surface area contributed by atoms with Crippen molar-refractivity contribution < 1.29 is 9.13 Å². The van der Waals surface area contributed by atoms with E-state index in [4.69, 9.17) is 4.74 Å². The lowest BCUT2D eigenvalue weighted by Crippen LogP contribution is -2.40. The summed E-state index contributed by atoms with van der Waals surface area (Å²) in [7, 11) is 0. The minimum Gasteiger partial charge on any atom is -0.492 e. The van der Waals surface area contributed by atoms with Crippen LogP contribution < -0.4 is 10.1 Å². The van der Waals surface area contributed by atoms with Crippen molar-refractivity contribution in [3.05, 3.63) is 29.6 Å². The molecular weight excluding hydrogens is 241 g/mol. The van der Waals surface area contributed by atoms with E-state index in [1.807, 2.05) is 6.92 Å². The fourth-order valence-corrected chi connectivity index (χ4v) is 1.99. The van der Waals surface area contributed by atoms with Crippen molar-refractivity contribution in [2.24, 2.45) is 5.92 Å². The van der Waals surface area contributed by atoms with Crippen LogP contribution in [0.15, 0.2) is 18.2 Å². The van der Waals surface area contributed by atoms with E-state index in [0.717, 1.165) is 30.7 Å². The minimum absolute atomic E-state index is 0.215. The highest BCUT2D eigenvalue weighted by molar-refractivity contribution is 5.32. The van der Waals surface area contributed by atoms with E-state index in [-0.39, 0.29) is 5.82 Å². The first-order chi connectivity index (χ1) is 9.08. The van der Waals surface area contributed by atoms with Crippen LogP contribution in [-0.4, -0.2) is 19.2 Å². The molecule has 2 atom stereocenters. The molecule has 108 valence electrons. The van der Waals surface area contributed by atoms with Crippen LogP contribution in [0, 0.1) is 18.7 Å². The van der Waals surface area contributed by atoms with Crippen LogP contribution >= 0.6 is 0 Å². The van der Waals surface area contributed by atoms with Gasteiger partial charge in [-0.2, -0.15) is 0 Å². The van der Waals surface area contributed by atoms with Gasteiger partial charge < -0.3 is 10.1 Å².